The number of aromatic hydroxyl groups is 1. The van der Waals surface area contributed by atoms with Crippen LogP contribution >= 0.6 is 12.2 Å². The van der Waals surface area contributed by atoms with E-state index >= 15 is 0 Å². The number of rotatable bonds is 4. The molecule has 0 radical (unpaired) electrons. The maximum atomic E-state index is 9.72. The predicted molar refractivity (Wildman–Crippen MR) is 127 cm³/mol. The molecule has 3 heterocycles. The molecule has 5 rings (SSSR count). The highest BCUT2D eigenvalue weighted by atomic mass is 32.1. The number of aryl methyl sites for hydroxylation is 1. The summed E-state index contributed by atoms with van der Waals surface area (Å²) < 4.78 is 2.14. The first-order valence-corrected chi connectivity index (χ1v) is 10.6. The molecule has 1 aliphatic heterocycles. The Morgan fingerprint density at radius 2 is 1.65 bits per heavy atom. The largest absolute Gasteiger partial charge is 0.508 e. The number of benzene rings is 2. The van der Waals surface area contributed by atoms with Crippen LogP contribution in [0.5, 0.6) is 5.75 Å². The van der Waals surface area contributed by atoms with E-state index in [1.807, 2.05) is 48.8 Å². The van der Waals surface area contributed by atoms with Crippen molar-refractivity contribution in [3.63, 3.8) is 0 Å². The monoisotopic (exact) mass is 426 g/mol. The molecule has 1 saturated heterocycles. The molecule has 0 aliphatic carbocycles. The molecular weight excluding hydrogens is 404 g/mol. The second-order valence-corrected chi connectivity index (χ2v) is 8.04. The number of nitrogens with zero attached hydrogens (tertiary/aromatic N) is 3. The van der Waals surface area contributed by atoms with Gasteiger partial charge in [-0.15, -0.1) is 0 Å². The van der Waals surface area contributed by atoms with E-state index in [0.29, 0.717) is 5.11 Å². The van der Waals surface area contributed by atoms with Crippen molar-refractivity contribution in [3.05, 3.63) is 108 Å². The Balaban J connectivity index is 1.66. The molecule has 2 atom stereocenters. The summed E-state index contributed by atoms with van der Waals surface area (Å²) in [6.45, 7) is 2.08. The zero-order valence-corrected chi connectivity index (χ0v) is 17.8. The van der Waals surface area contributed by atoms with E-state index in [1.165, 1.54) is 5.56 Å². The average molecular weight is 427 g/mol. The van der Waals surface area contributed by atoms with Crippen LogP contribution in [0.1, 0.15) is 29.0 Å². The minimum atomic E-state index is -0.110. The fourth-order valence-electron chi connectivity index (χ4n) is 4.12. The maximum absolute atomic E-state index is 9.72. The number of aromatic nitrogens is 2. The number of hydrogen-bond donors (Lipinski definition) is 2. The van der Waals surface area contributed by atoms with Crippen LogP contribution in [0.25, 0.3) is 5.69 Å². The normalized spacial score (nSPS) is 18.2. The highest BCUT2D eigenvalue weighted by Gasteiger charge is 2.42. The summed E-state index contributed by atoms with van der Waals surface area (Å²) in [6.07, 6.45) is 3.84. The van der Waals surface area contributed by atoms with Gasteiger partial charge in [-0.3, -0.25) is 4.98 Å². The molecule has 0 amide bonds. The third-order valence-corrected chi connectivity index (χ3v) is 5.94. The maximum Gasteiger partial charge on any atom is 0.174 e. The zero-order valence-electron chi connectivity index (χ0n) is 17.0. The summed E-state index contributed by atoms with van der Waals surface area (Å²) in [5.41, 5.74) is 5.22. The van der Waals surface area contributed by atoms with Gasteiger partial charge in [-0.2, -0.15) is 0 Å². The van der Waals surface area contributed by atoms with E-state index in [-0.39, 0.29) is 17.8 Å². The van der Waals surface area contributed by atoms with Crippen molar-refractivity contribution in [2.45, 2.75) is 19.0 Å². The van der Waals surface area contributed by atoms with Crippen molar-refractivity contribution in [2.24, 2.45) is 0 Å². The zero-order chi connectivity index (χ0) is 21.4. The van der Waals surface area contributed by atoms with Gasteiger partial charge >= 0.3 is 0 Å². The quantitative estimate of drug-likeness (QED) is 0.447. The number of phenolic OH excluding ortho intramolecular Hbond substituents is 1. The number of anilines is 1. The summed E-state index contributed by atoms with van der Waals surface area (Å²) in [7, 11) is 0. The first-order chi connectivity index (χ1) is 15.1. The Bertz CT molecular complexity index is 1200. The van der Waals surface area contributed by atoms with Crippen LogP contribution in [0.15, 0.2) is 91.3 Å². The highest BCUT2D eigenvalue weighted by Crippen LogP contribution is 2.42. The molecule has 0 bridgehead atoms. The summed E-state index contributed by atoms with van der Waals surface area (Å²) in [5, 5.41) is 13.9. The van der Waals surface area contributed by atoms with Gasteiger partial charge in [0.05, 0.1) is 11.7 Å². The Labute approximate surface area is 186 Å². The molecule has 0 saturated carbocycles. The SMILES string of the molecule is Cc1ccc(N2C(=S)NC(c3ccccn3)C2c2cccn2-c2ccc(O)cc2)cc1. The number of pyridine rings is 1. The molecular formula is C25H22N4OS. The lowest BCUT2D eigenvalue weighted by atomic mass is 10.0. The Morgan fingerprint density at radius 3 is 2.35 bits per heavy atom. The average Bonchev–Trinajstić information content (AvgIpc) is 3.40. The summed E-state index contributed by atoms with van der Waals surface area (Å²) in [4.78, 5) is 6.79. The predicted octanol–water partition coefficient (Wildman–Crippen LogP) is 5.06. The van der Waals surface area contributed by atoms with Crippen LogP contribution < -0.4 is 10.2 Å². The van der Waals surface area contributed by atoms with Crippen LogP contribution in [0, 0.1) is 6.92 Å². The van der Waals surface area contributed by atoms with Crippen molar-refractivity contribution in [3.8, 4) is 11.4 Å². The van der Waals surface area contributed by atoms with Crippen LogP contribution in [0.4, 0.5) is 5.69 Å². The van der Waals surface area contributed by atoms with Gasteiger partial charge in [-0.05, 0) is 79.8 Å². The van der Waals surface area contributed by atoms with Crippen molar-refractivity contribution in [1.82, 2.24) is 14.9 Å². The van der Waals surface area contributed by atoms with Gasteiger partial charge in [0, 0.05) is 29.5 Å². The summed E-state index contributed by atoms with van der Waals surface area (Å²) in [5.74, 6) is 0.244. The van der Waals surface area contributed by atoms with E-state index in [1.54, 1.807) is 12.1 Å². The second-order valence-electron chi connectivity index (χ2n) is 7.65. The second kappa shape index (κ2) is 7.89. The lowest BCUT2D eigenvalue weighted by Crippen LogP contribution is -2.30. The summed E-state index contributed by atoms with van der Waals surface area (Å²) in [6, 6.07) is 25.5. The molecule has 1 aliphatic rings. The van der Waals surface area contributed by atoms with E-state index in [0.717, 1.165) is 22.8 Å². The van der Waals surface area contributed by atoms with Crippen LogP contribution in [0.2, 0.25) is 0 Å². The van der Waals surface area contributed by atoms with Gasteiger partial charge in [0.2, 0.25) is 0 Å². The molecule has 5 nitrogen and oxygen atoms in total. The standard InChI is InChI=1S/C25H22N4OS/c1-17-7-9-19(10-8-17)29-24(23(27-25(29)31)21-5-2-3-15-26-21)22-6-4-16-28(22)18-11-13-20(30)14-12-18/h2-16,23-24,30H,1H3,(H,27,31). The minimum Gasteiger partial charge on any atom is -0.508 e. The van der Waals surface area contributed by atoms with Gasteiger partial charge < -0.3 is 19.9 Å². The van der Waals surface area contributed by atoms with E-state index in [4.69, 9.17) is 12.2 Å². The van der Waals surface area contributed by atoms with Gasteiger partial charge in [0.15, 0.2) is 5.11 Å². The fourth-order valence-corrected chi connectivity index (χ4v) is 4.47. The number of phenols is 1. The number of thiocarbonyl (C=S) groups is 1. The van der Waals surface area contributed by atoms with Crippen LogP contribution in [-0.4, -0.2) is 19.8 Å². The van der Waals surface area contributed by atoms with Crippen molar-refractivity contribution < 1.29 is 5.11 Å². The topological polar surface area (TPSA) is 53.3 Å². The van der Waals surface area contributed by atoms with Crippen molar-refractivity contribution in [1.29, 1.82) is 0 Å². The smallest absolute Gasteiger partial charge is 0.174 e. The Morgan fingerprint density at radius 1 is 0.903 bits per heavy atom. The lowest BCUT2D eigenvalue weighted by molar-refractivity contribution is 0.475. The minimum absolute atomic E-state index is 0.103. The van der Waals surface area contributed by atoms with Gasteiger partial charge in [0.25, 0.3) is 0 Å². The Hall–Kier alpha value is -3.64. The molecule has 2 unspecified atom stereocenters. The fraction of sp³-hybridized carbons (Fsp3) is 0.120. The molecule has 6 heteroatoms. The van der Waals surface area contributed by atoms with Crippen LogP contribution in [0.3, 0.4) is 0 Å². The van der Waals surface area contributed by atoms with Crippen molar-refractivity contribution >= 4 is 23.0 Å². The molecule has 2 aromatic carbocycles. The molecule has 2 aromatic heterocycles. The Kier molecular flexibility index (Phi) is 4.92. The van der Waals surface area contributed by atoms with E-state index < -0.39 is 0 Å². The molecule has 0 spiro atoms. The molecule has 31 heavy (non-hydrogen) atoms. The van der Waals surface area contributed by atoms with E-state index in [9.17, 15) is 5.11 Å². The lowest BCUT2D eigenvalue weighted by Gasteiger charge is -2.29. The third kappa shape index (κ3) is 3.55. The molecule has 4 aromatic rings. The third-order valence-electron chi connectivity index (χ3n) is 5.62. The molecule has 2 N–H and O–H groups in total. The first-order valence-electron chi connectivity index (χ1n) is 10.2. The highest BCUT2D eigenvalue weighted by molar-refractivity contribution is 7.80. The first kappa shape index (κ1) is 19.3. The van der Waals surface area contributed by atoms with Gasteiger partial charge in [-0.1, -0.05) is 23.8 Å². The van der Waals surface area contributed by atoms with Gasteiger partial charge in [0.1, 0.15) is 11.8 Å². The van der Waals surface area contributed by atoms with Crippen LogP contribution in [-0.2, 0) is 0 Å². The molecule has 154 valence electrons. The molecule has 1 fully saturated rings. The number of hydrogen-bond acceptors (Lipinski definition) is 3. The summed E-state index contributed by atoms with van der Waals surface area (Å²) >= 11 is 5.81. The van der Waals surface area contributed by atoms with Crippen molar-refractivity contribution in [2.75, 3.05) is 4.90 Å². The number of nitrogens with one attached hydrogen (secondary N) is 1. The van der Waals surface area contributed by atoms with E-state index in [2.05, 4.69) is 57.0 Å². The van der Waals surface area contributed by atoms with Gasteiger partial charge in [-0.25, -0.2) is 0 Å².